The van der Waals surface area contributed by atoms with Crippen LogP contribution in [0.15, 0.2) is 41.2 Å². The maximum atomic E-state index is 13.8. The molecular formula is C21H11ClF6N4O3. The van der Waals surface area contributed by atoms with Gasteiger partial charge >= 0.3 is 18.3 Å². The number of benzene rings is 1. The summed E-state index contributed by atoms with van der Waals surface area (Å²) in [6.07, 6.45) is -7.35. The number of pyridine rings is 1. The summed E-state index contributed by atoms with van der Waals surface area (Å²) in [6, 6.07) is 4.05. The van der Waals surface area contributed by atoms with Gasteiger partial charge in [0, 0.05) is 18.0 Å². The summed E-state index contributed by atoms with van der Waals surface area (Å²) in [4.78, 5) is 19.1. The van der Waals surface area contributed by atoms with Gasteiger partial charge in [0.25, 0.3) is 5.89 Å². The van der Waals surface area contributed by atoms with Crippen LogP contribution >= 0.6 is 11.6 Å². The molecule has 1 aliphatic carbocycles. The maximum absolute atomic E-state index is 13.8. The molecule has 1 aliphatic rings. The largest absolute Gasteiger partial charge is 0.481 e. The quantitative estimate of drug-likeness (QED) is 0.338. The molecule has 2 atom stereocenters. The normalized spacial score (nSPS) is 18.3. The van der Waals surface area contributed by atoms with E-state index in [-0.39, 0.29) is 34.2 Å². The second-order valence-electron chi connectivity index (χ2n) is 7.94. The molecule has 182 valence electrons. The second-order valence-corrected chi connectivity index (χ2v) is 8.35. The Morgan fingerprint density at radius 3 is 2.46 bits per heavy atom. The van der Waals surface area contributed by atoms with Gasteiger partial charge in [0.05, 0.1) is 22.1 Å². The zero-order valence-corrected chi connectivity index (χ0v) is 17.8. The van der Waals surface area contributed by atoms with Gasteiger partial charge in [-0.15, -0.1) is 0 Å². The Balaban J connectivity index is 1.52. The average molecular weight is 517 g/mol. The predicted molar refractivity (Wildman–Crippen MR) is 107 cm³/mol. The Bertz CT molecular complexity index is 1480. The van der Waals surface area contributed by atoms with Gasteiger partial charge in [0.2, 0.25) is 5.82 Å². The third-order valence-corrected chi connectivity index (χ3v) is 5.88. The number of imidazole rings is 1. The fraction of sp³-hybridized carbons (Fsp3) is 0.238. The van der Waals surface area contributed by atoms with Crippen molar-refractivity contribution in [2.75, 3.05) is 0 Å². The highest BCUT2D eigenvalue weighted by Crippen LogP contribution is 2.49. The molecule has 0 aliphatic heterocycles. The number of fused-ring (bicyclic) bond motifs is 1. The first kappa shape index (κ1) is 23.1. The van der Waals surface area contributed by atoms with E-state index in [1.54, 1.807) is 0 Å². The molecule has 0 spiro atoms. The lowest BCUT2D eigenvalue weighted by Crippen LogP contribution is -2.09. The summed E-state index contributed by atoms with van der Waals surface area (Å²) in [5.74, 6) is -3.10. The minimum atomic E-state index is -4.80. The molecule has 3 aromatic heterocycles. The molecule has 0 bridgehead atoms. The molecule has 5 rings (SSSR count). The highest BCUT2D eigenvalue weighted by atomic mass is 35.5. The van der Waals surface area contributed by atoms with Crippen molar-refractivity contribution in [2.45, 2.75) is 24.7 Å². The van der Waals surface area contributed by atoms with Crippen LogP contribution < -0.4 is 0 Å². The third kappa shape index (κ3) is 4.20. The molecule has 1 N–H and O–H groups in total. The number of rotatable bonds is 4. The van der Waals surface area contributed by atoms with Crippen LogP contribution in [0.5, 0.6) is 0 Å². The third-order valence-electron chi connectivity index (χ3n) is 5.60. The molecule has 1 fully saturated rings. The molecule has 0 amide bonds. The van der Waals surface area contributed by atoms with E-state index in [0.717, 1.165) is 28.9 Å². The summed E-state index contributed by atoms with van der Waals surface area (Å²) in [5, 5.41) is 12.3. The van der Waals surface area contributed by atoms with Gasteiger partial charge in [0.1, 0.15) is 5.69 Å². The van der Waals surface area contributed by atoms with Crippen LogP contribution in [0.2, 0.25) is 5.02 Å². The lowest BCUT2D eigenvalue weighted by atomic mass is 9.99. The van der Waals surface area contributed by atoms with E-state index < -0.39 is 52.7 Å². The predicted octanol–water partition coefficient (Wildman–Crippen LogP) is 5.93. The van der Waals surface area contributed by atoms with Crippen molar-refractivity contribution in [3.8, 4) is 23.0 Å². The van der Waals surface area contributed by atoms with E-state index in [1.165, 1.54) is 6.07 Å². The Kier molecular flexibility index (Phi) is 5.09. The number of hydrogen-bond acceptors (Lipinski definition) is 5. The van der Waals surface area contributed by atoms with E-state index >= 15 is 0 Å². The van der Waals surface area contributed by atoms with Crippen LogP contribution in [0.25, 0.3) is 28.6 Å². The molecule has 0 radical (unpaired) electrons. The monoisotopic (exact) mass is 516 g/mol. The van der Waals surface area contributed by atoms with Gasteiger partial charge < -0.3 is 14.0 Å². The van der Waals surface area contributed by atoms with Crippen molar-refractivity contribution in [3.63, 3.8) is 0 Å². The van der Waals surface area contributed by atoms with Crippen LogP contribution in [-0.2, 0) is 17.1 Å². The smallest absolute Gasteiger partial charge is 0.417 e. The van der Waals surface area contributed by atoms with Crippen molar-refractivity contribution in [2.24, 2.45) is 5.92 Å². The molecule has 35 heavy (non-hydrogen) atoms. The molecule has 3 heterocycles. The fourth-order valence-electron chi connectivity index (χ4n) is 3.81. The SMILES string of the molecule is O=C(O)C1CC1c1ccc(-c2noc(-c3cn4cc(C(F)(F)F)cc(Cl)c4n3)n2)c(C(F)(F)F)c1. The van der Waals surface area contributed by atoms with E-state index in [4.69, 9.17) is 21.2 Å². The number of carboxylic acid groups (broad SMARTS) is 1. The fourth-order valence-corrected chi connectivity index (χ4v) is 4.07. The molecule has 1 saturated carbocycles. The van der Waals surface area contributed by atoms with Crippen LogP contribution in [-0.4, -0.2) is 30.6 Å². The van der Waals surface area contributed by atoms with Crippen LogP contribution in [0, 0.1) is 5.92 Å². The average Bonchev–Trinajstić information content (AvgIpc) is 3.21. The van der Waals surface area contributed by atoms with Crippen molar-refractivity contribution in [1.29, 1.82) is 0 Å². The van der Waals surface area contributed by atoms with E-state index in [0.29, 0.717) is 6.07 Å². The van der Waals surface area contributed by atoms with Gasteiger partial charge in [-0.2, -0.15) is 31.3 Å². The molecule has 0 saturated heterocycles. The number of halogens is 7. The van der Waals surface area contributed by atoms with E-state index in [1.807, 2.05) is 0 Å². The van der Waals surface area contributed by atoms with Gasteiger partial charge in [-0.1, -0.05) is 28.9 Å². The number of aromatic nitrogens is 4. The minimum Gasteiger partial charge on any atom is -0.481 e. The van der Waals surface area contributed by atoms with Gasteiger partial charge in [-0.05, 0) is 30.0 Å². The maximum Gasteiger partial charge on any atom is 0.417 e. The van der Waals surface area contributed by atoms with Crippen molar-refractivity contribution >= 4 is 23.2 Å². The number of carbonyl (C=O) groups is 1. The van der Waals surface area contributed by atoms with Crippen molar-refractivity contribution < 1.29 is 40.8 Å². The minimum absolute atomic E-state index is 0.0489. The first-order chi connectivity index (χ1) is 16.3. The van der Waals surface area contributed by atoms with Gasteiger partial charge in [0.15, 0.2) is 5.65 Å². The number of hydrogen-bond donors (Lipinski definition) is 1. The first-order valence-corrected chi connectivity index (χ1v) is 10.2. The summed E-state index contributed by atoms with van der Waals surface area (Å²) in [7, 11) is 0. The summed E-state index contributed by atoms with van der Waals surface area (Å²) >= 11 is 5.90. The van der Waals surface area contributed by atoms with E-state index in [2.05, 4.69) is 15.1 Å². The Morgan fingerprint density at radius 1 is 1.09 bits per heavy atom. The first-order valence-electron chi connectivity index (χ1n) is 9.87. The number of carboxylic acids is 1. The summed E-state index contributed by atoms with van der Waals surface area (Å²) in [5.41, 5.74) is -2.44. The van der Waals surface area contributed by atoms with Crippen LogP contribution in [0.3, 0.4) is 0 Å². The lowest BCUT2D eigenvalue weighted by molar-refractivity contribution is -0.139. The number of aliphatic carboxylic acids is 1. The molecule has 7 nitrogen and oxygen atoms in total. The molecule has 2 unspecified atom stereocenters. The zero-order chi connectivity index (χ0) is 25.3. The van der Waals surface area contributed by atoms with Crippen molar-refractivity contribution in [1.82, 2.24) is 19.5 Å². The van der Waals surface area contributed by atoms with Crippen molar-refractivity contribution in [3.05, 3.63) is 58.4 Å². The topological polar surface area (TPSA) is 93.5 Å². The Morgan fingerprint density at radius 2 is 1.83 bits per heavy atom. The Labute approximate surface area is 196 Å². The van der Waals surface area contributed by atoms with Crippen LogP contribution in [0.4, 0.5) is 26.3 Å². The Hall–Kier alpha value is -3.61. The molecular weight excluding hydrogens is 506 g/mol. The molecule has 4 aromatic rings. The number of alkyl halides is 6. The number of nitrogens with zero attached hydrogens (tertiary/aromatic N) is 4. The summed E-state index contributed by atoms with van der Waals surface area (Å²) < 4.78 is 86.5. The highest BCUT2D eigenvalue weighted by molar-refractivity contribution is 6.33. The molecule has 14 heteroatoms. The van der Waals surface area contributed by atoms with E-state index in [9.17, 15) is 31.1 Å². The zero-order valence-electron chi connectivity index (χ0n) is 17.0. The van der Waals surface area contributed by atoms with Gasteiger partial charge in [-0.3, -0.25) is 4.79 Å². The van der Waals surface area contributed by atoms with Crippen LogP contribution in [0.1, 0.15) is 29.0 Å². The standard InChI is InChI=1S/C21H11ClF6N4O3/c22-14-4-9(20(23,24)25)6-32-7-15(29-17(14)32)18-30-16(31-35-18)10-2-1-8(3-13(10)21(26,27)28)11-5-12(11)19(33)34/h1-4,6-7,11-12H,5H2,(H,33,34). The van der Waals surface area contributed by atoms with Gasteiger partial charge in [-0.25, -0.2) is 4.98 Å². The second kappa shape index (κ2) is 7.70. The lowest BCUT2D eigenvalue weighted by Gasteiger charge is -2.12. The summed E-state index contributed by atoms with van der Waals surface area (Å²) in [6.45, 7) is 0. The molecule has 1 aromatic carbocycles. The highest BCUT2D eigenvalue weighted by Gasteiger charge is 2.45.